The smallest absolute Gasteiger partial charge is 0.338 e. The average molecular weight is 379 g/mol. The quantitative estimate of drug-likeness (QED) is 0.581. The van der Waals surface area contributed by atoms with Gasteiger partial charge in [-0.15, -0.1) is 0 Å². The van der Waals surface area contributed by atoms with Crippen molar-refractivity contribution in [3.8, 4) is 6.07 Å². The fraction of sp³-hybridized carbons (Fsp3) is 0.238. The van der Waals surface area contributed by atoms with E-state index in [1.54, 1.807) is 60.7 Å². The van der Waals surface area contributed by atoms with Crippen LogP contribution >= 0.6 is 0 Å². The molecule has 3 rings (SSSR count). The van der Waals surface area contributed by atoms with Crippen molar-refractivity contribution in [2.24, 2.45) is 5.41 Å². The first-order valence-corrected chi connectivity index (χ1v) is 8.56. The van der Waals surface area contributed by atoms with Gasteiger partial charge in [-0.05, 0) is 31.2 Å². The van der Waals surface area contributed by atoms with Crippen molar-refractivity contribution in [3.63, 3.8) is 0 Å². The normalized spacial score (nSPS) is 23.4. The van der Waals surface area contributed by atoms with Crippen molar-refractivity contribution in [2.75, 3.05) is 6.61 Å². The second kappa shape index (κ2) is 7.92. The number of cyclic esters (lactones) is 1. The van der Waals surface area contributed by atoms with Gasteiger partial charge in [-0.1, -0.05) is 36.4 Å². The summed E-state index contributed by atoms with van der Waals surface area (Å²) >= 11 is 0. The fourth-order valence-corrected chi connectivity index (χ4v) is 2.81. The lowest BCUT2D eigenvalue weighted by Crippen LogP contribution is -2.41. The molecule has 0 N–H and O–H groups in total. The summed E-state index contributed by atoms with van der Waals surface area (Å²) in [5.74, 6) is -2.15. The maximum atomic E-state index is 12.4. The lowest BCUT2D eigenvalue weighted by molar-refractivity contribution is -0.147. The minimum atomic E-state index is -1.70. The third-order valence-corrected chi connectivity index (χ3v) is 4.45. The third-order valence-electron chi connectivity index (χ3n) is 4.45. The van der Waals surface area contributed by atoms with Crippen LogP contribution < -0.4 is 0 Å². The zero-order chi connectivity index (χ0) is 20.1. The van der Waals surface area contributed by atoms with E-state index in [0.717, 1.165) is 0 Å². The second-order valence-corrected chi connectivity index (χ2v) is 6.41. The van der Waals surface area contributed by atoms with Gasteiger partial charge in [0.2, 0.25) is 0 Å². The molecular weight excluding hydrogens is 362 g/mol. The van der Waals surface area contributed by atoms with Crippen LogP contribution in [0.4, 0.5) is 0 Å². The zero-order valence-corrected chi connectivity index (χ0v) is 15.0. The molecule has 0 aromatic heterocycles. The Morgan fingerprint density at radius 2 is 1.57 bits per heavy atom. The summed E-state index contributed by atoms with van der Waals surface area (Å²) < 4.78 is 15.8. The monoisotopic (exact) mass is 379 g/mol. The van der Waals surface area contributed by atoms with E-state index in [0.29, 0.717) is 5.56 Å². The highest BCUT2D eigenvalue weighted by Gasteiger charge is 2.58. The van der Waals surface area contributed by atoms with Gasteiger partial charge < -0.3 is 14.2 Å². The van der Waals surface area contributed by atoms with Crippen LogP contribution in [-0.4, -0.2) is 36.7 Å². The summed E-state index contributed by atoms with van der Waals surface area (Å²) in [5, 5.41) is 9.47. The minimum absolute atomic E-state index is 0.266. The third kappa shape index (κ3) is 3.71. The van der Waals surface area contributed by atoms with Crippen LogP contribution in [-0.2, 0) is 19.0 Å². The predicted octanol–water partition coefficient (Wildman–Crippen LogP) is 2.52. The molecule has 7 nitrogen and oxygen atoms in total. The summed E-state index contributed by atoms with van der Waals surface area (Å²) in [4.78, 5) is 36.7. The largest absolute Gasteiger partial charge is 0.458 e. The van der Waals surface area contributed by atoms with E-state index in [2.05, 4.69) is 0 Å². The Morgan fingerprint density at radius 3 is 2.11 bits per heavy atom. The predicted molar refractivity (Wildman–Crippen MR) is 96.0 cm³/mol. The van der Waals surface area contributed by atoms with Crippen molar-refractivity contribution < 1.29 is 28.6 Å². The second-order valence-electron chi connectivity index (χ2n) is 6.41. The number of benzene rings is 2. The van der Waals surface area contributed by atoms with Gasteiger partial charge in [-0.25, -0.2) is 9.59 Å². The summed E-state index contributed by atoms with van der Waals surface area (Å²) in [6.07, 6.45) is -2.31. The van der Waals surface area contributed by atoms with E-state index < -0.39 is 35.5 Å². The van der Waals surface area contributed by atoms with E-state index in [-0.39, 0.29) is 12.2 Å². The van der Waals surface area contributed by atoms with E-state index in [1.165, 1.54) is 6.92 Å². The van der Waals surface area contributed by atoms with Crippen LogP contribution in [0, 0.1) is 16.7 Å². The molecule has 7 heteroatoms. The Bertz CT molecular complexity index is 921. The molecular formula is C21H17NO6. The summed E-state index contributed by atoms with van der Waals surface area (Å²) in [6, 6.07) is 18.3. The molecule has 0 amide bonds. The summed E-state index contributed by atoms with van der Waals surface area (Å²) in [6.45, 7) is 0.987. The highest BCUT2D eigenvalue weighted by atomic mass is 16.6. The lowest BCUT2D eigenvalue weighted by Gasteiger charge is -2.23. The highest BCUT2D eigenvalue weighted by Crippen LogP contribution is 2.36. The van der Waals surface area contributed by atoms with Gasteiger partial charge in [0.25, 0.3) is 0 Å². The number of hydrogen-bond donors (Lipinski definition) is 0. The molecule has 28 heavy (non-hydrogen) atoms. The molecule has 1 fully saturated rings. The molecule has 0 bridgehead atoms. The number of carbonyl (C=O) groups excluding carboxylic acids is 3. The molecule has 0 radical (unpaired) electrons. The van der Waals surface area contributed by atoms with Crippen molar-refractivity contribution in [2.45, 2.75) is 19.1 Å². The molecule has 142 valence electrons. The topological polar surface area (TPSA) is 103 Å². The van der Waals surface area contributed by atoms with Crippen LogP contribution in [0.5, 0.6) is 0 Å². The first-order valence-electron chi connectivity index (χ1n) is 8.56. The Morgan fingerprint density at radius 1 is 1.04 bits per heavy atom. The van der Waals surface area contributed by atoms with Gasteiger partial charge in [-0.3, -0.25) is 4.79 Å². The first kappa shape index (κ1) is 19.1. The molecule has 3 atom stereocenters. The maximum absolute atomic E-state index is 12.4. The van der Waals surface area contributed by atoms with Crippen LogP contribution in [0.1, 0.15) is 27.6 Å². The van der Waals surface area contributed by atoms with Crippen LogP contribution in [0.15, 0.2) is 60.7 Å². The minimum Gasteiger partial charge on any atom is -0.458 e. The molecule has 0 spiro atoms. The number of carbonyl (C=O) groups is 3. The van der Waals surface area contributed by atoms with Crippen molar-refractivity contribution in [1.29, 1.82) is 5.26 Å². The highest BCUT2D eigenvalue weighted by molar-refractivity contribution is 5.91. The van der Waals surface area contributed by atoms with E-state index in [4.69, 9.17) is 14.2 Å². The molecule has 0 aliphatic carbocycles. The molecule has 2 aromatic carbocycles. The zero-order valence-electron chi connectivity index (χ0n) is 15.0. The Balaban J connectivity index is 1.75. The van der Waals surface area contributed by atoms with Crippen LogP contribution in [0.3, 0.4) is 0 Å². The number of hydrogen-bond acceptors (Lipinski definition) is 7. The Hall–Kier alpha value is -3.66. The van der Waals surface area contributed by atoms with Gasteiger partial charge in [0.1, 0.15) is 6.61 Å². The van der Waals surface area contributed by atoms with Crippen molar-refractivity contribution in [1.82, 2.24) is 0 Å². The number of ether oxygens (including phenoxy) is 3. The standard InChI is InChI=1S/C21H17NO6/c1-21(13-22)17(28-19(24)15-10-6-3-7-11-15)16(27-20(21)25)12-26-18(23)14-8-4-2-5-9-14/h2-11,16-17H,12H2,1H3. The van der Waals surface area contributed by atoms with Gasteiger partial charge in [0, 0.05) is 0 Å². The fourth-order valence-electron chi connectivity index (χ4n) is 2.81. The number of esters is 3. The molecule has 1 saturated heterocycles. The van der Waals surface area contributed by atoms with Gasteiger partial charge in [0.15, 0.2) is 17.6 Å². The van der Waals surface area contributed by atoms with E-state index in [1.807, 2.05) is 6.07 Å². The van der Waals surface area contributed by atoms with Crippen LogP contribution in [0.2, 0.25) is 0 Å². The van der Waals surface area contributed by atoms with Gasteiger partial charge in [0.05, 0.1) is 17.2 Å². The van der Waals surface area contributed by atoms with Crippen LogP contribution in [0.25, 0.3) is 0 Å². The maximum Gasteiger partial charge on any atom is 0.338 e. The van der Waals surface area contributed by atoms with Gasteiger partial charge >= 0.3 is 17.9 Å². The Kier molecular flexibility index (Phi) is 5.41. The van der Waals surface area contributed by atoms with Crippen molar-refractivity contribution >= 4 is 17.9 Å². The first-order chi connectivity index (χ1) is 13.5. The number of rotatable bonds is 5. The average Bonchev–Trinajstić information content (AvgIpc) is 2.98. The molecule has 1 aliphatic heterocycles. The number of nitriles is 1. The SMILES string of the molecule is CC1(C#N)C(=O)OC(COC(=O)c2ccccc2)C1OC(=O)c1ccccc1. The number of nitrogens with zero attached hydrogens (tertiary/aromatic N) is 1. The molecule has 3 unspecified atom stereocenters. The van der Waals surface area contributed by atoms with E-state index >= 15 is 0 Å². The summed E-state index contributed by atoms with van der Waals surface area (Å²) in [7, 11) is 0. The van der Waals surface area contributed by atoms with E-state index in [9.17, 15) is 19.6 Å². The molecule has 0 saturated carbocycles. The summed E-state index contributed by atoms with van der Waals surface area (Å²) in [5.41, 5.74) is -1.11. The molecule has 1 aliphatic rings. The van der Waals surface area contributed by atoms with Crippen molar-refractivity contribution in [3.05, 3.63) is 71.8 Å². The Labute approximate surface area is 161 Å². The van der Waals surface area contributed by atoms with Gasteiger partial charge in [-0.2, -0.15) is 5.26 Å². The lowest BCUT2D eigenvalue weighted by atomic mass is 9.85. The molecule has 1 heterocycles. The molecule has 2 aromatic rings.